The summed E-state index contributed by atoms with van der Waals surface area (Å²) in [4.78, 5) is 12.2. The third-order valence-electron chi connectivity index (χ3n) is 6.16. The van der Waals surface area contributed by atoms with Crippen molar-refractivity contribution in [1.29, 1.82) is 0 Å². The van der Waals surface area contributed by atoms with Gasteiger partial charge in [0, 0.05) is 12.0 Å². The Kier molecular flexibility index (Phi) is 7.12. The van der Waals surface area contributed by atoms with Crippen LogP contribution in [0, 0.1) is 11.8 Å². The van der Waals surface area contributed by atoms with Crippen molar-refractivity contribution in [2.24, 2.45) is 11.8 Å². The fourth-order valence-corrected chi connectivity index (χ4v) is 4.42. The second-order valence-corrected chi connectivity index (χ2v) is 8.26. The number of rotatable bonds is 6. The highest BCUT2D eigenvalue weighted by molar-refractivity contribution is 5.87. The Morgan fingerprint density at radius 1 is 1.12 bits per heavy atom. The molecule has 1 saturated carbocycles. The number of hydrogen-bond donors (Lipinski definition) is 4. The SMILES string of the molecule is O=C(C=Cc1ccc(O)cc1)OC1C(CO)OC(OC2OC=CC3CCCC32)C(O)C1O. The average molecular weight is 448 g/mol. The lowest BCUT2D eigenvalue weighted by atomic mass is 9.94. The Bertz CT molecular complexity index is 834. The third-order valence-corrected chi connectivity index (χ3v) is 6.16. The third kappa shape index (κ3) is 4.97. The van der Waals surface area contributed by atoms with Gasteiger partial charge in [-0.3, -0.25) is 0 Å². The first-order valence-electron chi connectivity index (χ1n) is 10.7. The lowest BCUT2D eigenvalue weighted by molar-refractivity contribution is -0.341. The normalized spacial score (nSPS) is 36.6. The van der Waals surface area contributed by atoms with Crippen molar-refractivity contribution in [2.75, 3.05) is 6.61 Å². The van der Waals surface area contributed by atoms with Gasteiger partial charge >= 0.3 is 5.97 Å². The maximum Gasteiger partial charge on any atom is 0.331 e. The van der Waals surface area contributed by atoms with Crippen LogP contribution in [-0.2, 0) is 23.7 Å². The van der Waals surface area contributed by atoms with Crippen LogP contribution in [0.3, 0.4) is 0 Å². The number of fused-ring (bicyclic) bond motifs is 1. The molecular weight excluding hydrogens is 420 g/mol. The molecule has 0 bridgehead atoms. The van der Waals surface area contributed by atoms with Gasteiger partial charge in [-0.25, -0.2) is 4.79 Å². The first-order chi connectivity index (χ1) is 15.5. The minimum absolute atomic E-state index is 0.0989. The second-order valence-electron chi connectivity index (χ2n) is 8.26. The summed E-state index contributed by atoms with van der Waals surface area (Å²) in [6.45, 7) is -0.555. The van der Waals surface area contributed by atoms with Crippen molar-refractivity contribution in [1.82, 2.24) is 0 Å². The minimum Gasteiger partial charge on any atom is -0.508 e. The number of phenols is 1. The van der Waals surface area contributed by atoms with E-state index in [1.54, 1.807) is 18.4 Å². The molecule has 0 amide bonds. The highest BCUT2D eigenvalue weighted by Crippen LogP contribution is 2.40. The Balaban J connectivity index is 1.38. The molecule has 1 aliphatic carbocycles. The quantitative estimate of drug-likeness (QED) is 0.372. The molecule has 0 spiro atoms. The number of ether oxygens (including phenoxy) is 4. The summed E-state index contributed by atoms with van der Waals surface area (Å²) in [6, 6.07) is 6.16. The maximum absolute atomic E-state index is 12.2. The molecule has 3 aliphatic rings. The van der Waals surface area contributed by atoms with Crippen LogP contribution in [0.15, 0.2) is 42.7 Å². The Morgan fingerprint density at radius 2 is 1.91 bits per heavy atom. The molecule has 2 aliphatic heterocycles. The van der Waals surface area contributed by atoms with Crippen LogP contribution in [0.1, 0.15) is 24.8 Å². The van der Waals surface area contributed by atoms with Gasteiger partial charge in [0.2, 0.25) is 6.29 Å². The number of aliphatic hydroxyl groups excluding tert-OH is 3. The van der Waals surface area contributed by atoms with Crippen LogP contribution >= 0.6 is 0 Å². The topological polar surface area (TPSA) is 135 Å². The first kappa shape index (κ1) is 22.8. The van der Waals surface area contributed by atoms with E-state index in [1.165, 1.54) is 18.2 Å². The van der Waals surface area contributed by atoms with Gasteiger partial charge in [-0.1, -0.05) is 18.6 Å². The predicted molar refractivity (Wildman–Crippen MR) is 111 cm³/mol. The highest BCUT2D eigenvalue weighted by Gasteiger charge is 2.49. The van der Waals surface area contributed by atoms with Crippen molar-refractivity contribution in [3.05, 3.63) is 48.2 Å². The van der Waals surface area contributed by atoms with Gasteiger partial charge in [0.05, 0.1) is 12.9 Å². The average Bonchev–Trinajstić information content (AvgIpc) is 3.28. The lowest BCUT2D eigenvalue weighted by Crippen LogP contribution is -2.61. The number of esters is 1. The molecule has 1 saturated heterocycles. The molecule has 0 aromatic heterocycles. The number of aromatic hydroxyl groups is 1. The Morgan fingerprint density at radius 3 is 2.66 bits per heavy atom. The summed E-state index contributed by atoms with van der Waals surface area (Å²) in [6.07, 6.45) is 1.90. The fourth-order valence-electron chi connectivity index (χ4n) is 4.42. The fraction of sp³-hybridized carbons (Fsp3) is 0.522. The molecule has 9 heteroatoms. The summed E-state index contributed by atoms with van der Waals surface area (Å²) in [5, 5.41) is 40.2. The van der Waals surface area contributed by atoms with Crippen molar-refractivity contribution in [3.63, 3.8) is 0 Å². The molecule has 9 nitrogen and oxygen atoms in total. The molecule has 1 aromatic carbocycles. The summed E-state index contributed by atoms with van der Waals surface area (Å²) in [5.74, 6) is -0.227. The molecular formula is C23H28O9. The summed E-state index contributed by atoms with van der Waals surface area (Å²) in [7, 11) is 0. The zero-order chi connectivity index (χ0) is 22.7. The monoisotopic (exact) mass is 448 g/mol. The predicted octanol–water partition coefficient (Wildman–Crippen LogP) is 1.06. The number of hydrogen-bond acceptors (Lipinski definition) is 9. The number of carbonyl (C=O) groups excluding carboxylic acids is 1. The second kappa shape index (κ2) is 10.0. The van der Waals surface area contributed by atoms with Crippen LogP contribution in [0.4, 0.5) is 0 Å². The number of carbonyl (C=O) groups is 1. The van der Waals surface area contributed by atoms with Crippen LogP contribution < -0.4 is 0 Å². The van der Waals surface area contributed by atoms with E-state index in [4.69, 9.17) is 18.9 Å². The van der Waals surface area contributed by atoms with Crippen molar-refractivity contribution >= 4 is 12.0 Å². The van der Waals surface area contributed by atoms with Gasteiger partial charge in [0.15, 0.2) is 12.4 Å². The standard InChI is InChI=1S/C23H28O9/c24-12-17-21(31-18(26)9-6-13-4-7-15(25)8-5-13)19(27)20(28)23(30-17)32-22-16-3-1-2-14(16)10-11-29-22/h4-11,14,16-17,19-25,27-28H,1-3,12H2. The molecule has 32 heavy (non-hydrogen) atoms. The van der Waals surface area contributed by atoms with Gasteiger partial charge in [-0.2, -0.15) is 0 Å². The van der Waals surface area contributed by atoms with Gasteiger partial charge < -0.3 is 39.4 Å². The Labute approximate surface area is 185 Å². The van der Waals surface area contributed by atoms with E-state index in [0.717, 1.165) is 25.3 Å². The van der Waals surface area contributed by atoms with Crippen LogP contribution in [-0.4, -0.2) is 70.0 Å². The molecule has 0 radical (unpaired) electrons. The van der Waals surface area contributed by atoms with Gasteiger partial charge in [-0.05, 0) is 48.6 Å². The summed E-state index contributed by atoms with van der Waals surface area (Å²) >= 11 is 0. The van der Waals surface area contributed by atoms with E-state index in [1.807, 2.05) is 6.08 Å². The van der Waals surface area contributed by atoms with Gasteiger partial charge in [-0.15, -0.1) is 0 Å². The highest BCUT2D eigenvalue weighted by atomic mass is 16.8. The number of aliphatic hydroxyl groups is 3. The van der Waals surface area contributed by atoms with E-state index in [9.17, 15) is 25.2 Å². The Hall–Kier alpha value is -2.43. The molecule has 8 atom stereocenters. The van der Waals surface area contributed by atoms with Crippen molar-refractivity contribution < 1.29 is 44.2 Å². The van der Waals surface area contributed by atoms with Crippen LogP contribution in [0.2, 0.25) is 0 Å². The molecule has 2 heterocycles. The molecule has 2 fully saturated rings. The molecule has 1 aromatic rings. The van der Waals surface area contributed by atoms with Crippen molar-refractivity contribution in [3.8, 4) is 5.75 Å². The minimum atomic E-state index is -1.53. The lowest BCUT2D eigenvalue weighted by Gasteiger charge is -2.43. The van der Waals surface area contributed by atoms with Crippen LogP contribution in [0.5, 0.6) is 5.75 Å². The van der Waals surface area contributed by atoms with Gasteiger partial charge in [0.1, 0.15) is 24.1 Å². The molecule has 8 unspecified atom stereocenters. The van der Waals surface area contributed by atoms with E-state index in [0.29, 0.717) is 11.5 Å². The number of benzene rings is 1. The number of phenolic OH excluding ortho intramolecular Hbond substituents is 1. The van der Waals surface area contributed by atoms with Crippen LogP contribution in [0.25, 0.3) is 6.08 Å². The molecule has 4 rings (SSSR count). The van der Waals surface area contributed by atoms with E-state index < -0.39 is 49.6 Å². The van der Waals surface area contributed by atoms with E-state index in [-0.39, 0.29) is 11.7 Å². The van der Waals surface area contributed by atoms with Crippen molar-refractivity contribution in [2.45, 2.75) is 56.3 Å². The van der Waals surface area contributed by atoms with E-state index >= 15 is 0 Å². The largest absolute Gasteiger partial charge is 0.508 e. The number of allylic oxidation sites excluding steroid dienone is 1. The maximum atomic E-state index is 12.2. The zero-order valence-corrected chi connectivity index (χ0v) is 17.4. The molecule has 174 valence electrons. The van der Waals surface area contributed by atoms with Gasteiger partial charge in [0.25, 0.3) is 0 Å². The smallest absolute Gasteiger partial charge is 0.331 e. The van der Waals surface area contributed by atoms with E-state index in [2.05, 4.69) is 0 Å². The zero-order valence-electron chi connectivity index (χ0n) is 17.4. The molecule has 4 N–H and O–H groups in total. The summed E-state index contributed by atoms with van der Waals surface area (Å²) < 4.78 is 22.3. The summed E-state index contributed by atoms with van der Waals surface area (Å²) in [5.41, 5.74) is 0.652. The first-order valence-corrected chi connectivity index (χ1v) is 10.7.